The Morgan fingerprint density at radius 1 is 1.65 bits per heavy atom. The van der Waals surface area contributed by atoms with E-state index in [2.05, 4.69) is 10.2 Å². The van der Waals surface area contributed by atoms with Gasteiger partial charge in [-0.25, -0.2) is 13.2 Å². The third-order valence-electron chi connectivity index (χ3n) is 2.97. The number of morpholine rings is 1. The number of nitrogens with zero attached hydrogens (tertiary/aromatic N) is 2. The average Bonchev–Trinajstić information content (AvgIpc) is 2.89. The molecule has 1 aromatic heterocycles. The van der Waals surface area contributed by atoms with Crippen molar-refractivity contribution in [3.63, 3.8) is 0 Å². The van der Waals surface area contributed by atoms with Crippen LogP contribution in [0.3, 0.4) is 0 Å². The molecule has 20 heavy (non-hydrogen) atoms. The Balaban J connectivity index is 2.35. The Morgan fingerprint density at radius 2 is 2.40 bits per heavy atom. The molecule has 2 rings (SSSR count). The molecular weight excluding hydrogens is 286 g/mol. The van der Waals surface area contributed by atoms with E-state index < -0.39 is 16.0 Å². The lowest BCUT2D eigenvalue weighted by Crippen LogP contribution is -2.47. The van der Waals surface area contributed by atoms with E-state index in [1.807, 2.05) is 0 Å². The Kier molecular flexibility index (Phi) is 4.41. The van der Waals surface area contributed by atoms with Crippen LogP contribution in [0.2, 0.25) is 0 Å². The lowest BCUT2D eigenvalue weighted by atomic mass is 10.3. The maximum atomic E-state index is 12.6. The molecule has 0 saturated carbocycles. The van der Waals surface area contributed by atoms with Gasteiger partial charge in [-0.15, -0.1) is 0 Å². The van der Waals surface area contributed by atoms with Gasteiger partial charge in [-0.1, -0.05) is 0 Å². The van der Waals surface area contributed by atoms with Crippen molar-refractivity contribution < 1.29 is 22.7 Å². The molecule has 1 aliphatic rings. The first-order chi connectivity index (χ1) is 9.48. The summed E-state index contributed by atoms with van der Waals surface area (Å²) >= 11 is 0. The van der Waals surface area contributed by atoms with Crippen LogP contribution in [0.25, 0.3) is 0 Å². The predicted molar refractivity (Wildman–Crippen MR) is 68.7 cm³/mol. The number of ether oxygens (including phenoxy) is 2. The van der Waals surface area contributed by atoms with Crippen LogP contribution in [0.5, 0.6) is 0 Å². The summed E-state index contributed by atoms with van der Waals surface area (Å²) in [5.74, 6) is -0.708. The zero-order valence-corrected chi connectivity index (χ0v) is 12.1. The highest BCUT2D eigenvalue weighted by Crippen LogP contribution is 2.22. The second-order valence-corrected chi connectivity index (χ2v) is 6.20. The van der Waals surface area contributed by atoms with Gasteiger partial charge in [-0.3, -0.25) is 5.10 Å². The molecule has 1 aliphatic heterocycles. The predicted octanol–water partition coefficient (Wildman–Crippen LogP) is -0.00420. The molecule has 0 unspecified atom stereocenters. The van der Waals surface area contributed by atoms with E-state index in [9.17, 15) is 13.2 Å². The van der Waals surface area contributed by atoms with Gasteiger partial charge in [0, 0.05) is 12.6 Å². The number of nitrogens with one attached hydrogen (secondary N) is 1. The smallest absolute Gasteiger partial charge is 0.342 e. The van der Waals surface area contributed by atoms with Crippen molar-refractivity contribution in [2.45, 2.75) is 24.9 Å². The number of sulfonamides is 1. The molecule has 0 aromatic carbocycles. The van der Waals surface area contributed by atoms with Crippen LogP contribution < -0.4 is 0 Å². The van der Waals surface area contributed by atoms with E-state index in [0.29, 0.717) is 13.2 Å². The van der Waals surface area contributed by atoms with Crippen molar-refractivity contribution in [2.75, 3.05) is 26.4 Å². The van der Waals surface area contributed by atoms with Gasteiger partial charge in [0.25, 0.3) is 10.0 Å². The number of rotatable bonds is 4. The second-order valence-electron chi connectivity index (χ2n) is 4.37. The van der Waals surface area contributed by atoms with Crippen molar-refractivity contribution >= 4 is 16.0 Å². The quantitative estimate of drug-likeness (QED) is 0.785. The average molecular weight is 303 g/mol. The van der Waals surface area contributed by atoms with Crippen molar-refractivity contribution in [3.05, 3.63) is 11.8 Å². The molecule has 2 heterocycles. The maximum absolute atomic E-state index is 12.6. The molecule has 1 aromatic rings. The first-order valence-electron chi connectivity index (χ1n) is 6.28. The van der Waals surface area contributed by atoms with Crippen LogP contribution in [0, 0.1) is 0 Å². The molecule has 112 valence electrons. The summed E-state index contributed by atoms with van der Waals surface area (Å²) in [6, 6.07) is -0.299. The number of H-pyrrole nitrogens is 1. The fourth-order valence-corrected chi connectivity index (χ4v) is 3.68. The third-order valence-corrected chi connectivity index (χ3v) is 4.96. The highest BCUT2D eigenvalue weighted by molar-refractivity contribution is 7.89. The van der Waals surface area contributed by atoms with E-state index in [1.54, 1.807) is 13.8 Å². The van der Waals surface area contributed by atoms with Gasteiger partial charge in [-0.2, -0.15) is 9.40 Å². The fraction of sp³-hybridized carbons (Fsp3) is 0.636. The molecule has 0 radical (unpaired) electrons. The summed E-state index contributed by atoms with van der Waals surface area (Å²) in [6.45, 7) is 4.45. The van der Waals surface area contributed by atoms with Gasteiger partial charge in [-0.05, 0) is 13.8 Å². The minimum absolute atomic E-state index is 0.0782. The van der Waals surface area contributed by atoms with Gasteiger partial charge in [0.15, 0.2) is 5.03 Å². The maximum Gasteiger partial charge on any atom is 0.342 e. The third kappa shape index (κ3) is 2.69. The van der Waals surface area contributed by atoms with Crippen LogP contribution in [-0.2, 0) is 19.5 Å². The molecule has 9 heteroatoms. The molecule has 1 saturated heterocycles. The lowest BCUT2D eigenvalue weighted by Gasteiger charge is -2.31. The Bertz CT molecular complexity index is 583. The van der Waals surface area contributed by atoms with Crippen LogP contribution >= 0.6 is 0 Å². The van der Waals surface area contributed by atoms with Crippen molar-refractivity contribution in [1.82, 2.24) is 14.5 Å². The normalized spacial score (nSPS) is 20.8. The number of hydrogen-bond donors (Lipinski definition) is 1. The van der Waals surface area contributed by atoms with Gasteiger partial charge in [0.1, 0.15) is 5.56 Å². The molecule has 1 fully saturated rings. The molecule has 0 spiro atoms. The summed E-state index contributed by atoms with van der Waals surface area (Å²) in [5.41, 5.74) is -0.0782. The number of aromatic amines is 1. The van der Waals surface area contributed by atoms with E-state index in [0.717, 1.165) is 6.20 Å². The van der Waals surface area contributed by atoms with Gasteiger partial charge < -0.3 is 9.47 Å². The zero-order valence-electron chi connectivity index (χ0n) is 11.3. The second kappa shape index (κ2) is 5.90. The minimum Gasteiger partial charge on any atom is -0.462 e. The number of carbonyl (C=O) groups excluding carboxylic acids is 1. The highest BCUT2D eigenvalue weighted by Gasteiger charge is 2.36. The number of esters is 1. The fourth-order valence-electron chi connectivity index (χ4n) is 2.01. The molecule has 1 atom stereocenters. The summed E-state index contributed by atoms with van der Waals surface area (Å²) in [4.78, 5) is 11.7. The lowest BCUT2D eigenvalue weighted by molar-refractivity contribution is 0.0390. The topological polar surface area (TPSA) is 102 Å². The summed E-state index contributed by atoms with van der Waals surface area (Å²) < 4.78 is 36.5. The van der Waals surface area contributed by atoms with Gasteiger partial charge in [0.05, 0.1) is 26.0 Å². The van der Waals surface area contributed by atoms with E-state index in [1.165, 1.54) is 4.31 Å². The van der Waals surface area contributed by atoms with E-state index in [4.69, 9.17) is 9.47 Å². The van der Waals surface area contributed by atoms with Gasteiger partial charge in [0.2, 0.25) is 0 Å². The molecular formula is C11H17N3O5S. The molecule has 0 bridgehead atoms. The monoisotopic (exact) mass is 303 g/mol. The highest BCUT2D eigenvalue weighted by atomic mass is 32.2. The first kappa shape index (κ1) is 14.9. The molecule has 0 amide bonds. The van der Waals surface area contributed by atoms with Crippen molar-refractivity contribution in [3.8, 4) is 0 Å². The zero-order chi connectivity index (χ0) is 14.8. The largest absolute Gasteiger partial charge is 0.462 e. The summed E-state index contributed by atoms with van der Waals surface area (Å²) in [7, 11) is -3.83. The Morgan fingerprint density at radius 3 is 3.05 bits per heavy atom. The van der Waals surface area contributed by atoms with Crippen LogP contribution in [0.4, 0.5) is 0 Å². The SMILES string of the molecule is CCOC(=O)c1cn[nH]c1S(=O)(=O)N1CCOC[C@H]1C. The number of aromatic nitrogens is 2. The minimum atomic E-state index is -3.83. The summed E-state index contributed by atoms with van der Waals surface area (Å²) in [5, 5.41) is 5.80. The van der Waals surface area contributed by atoms with Crippen LogP contribution in [-0.4, -0.2) is 61.3 Å². The van der Waals surface area contributed by atoms with Gasteiger partial charge >= 0.3 is 5.97 Å². The molecule has 8 nitrogen and oxygen atoms in total. The number of carbonyl (C=O) groups is 1. The molecule has 1 N–H and O–H groups in total. The van der Waals surface area contributed by atoms with E-state index >= 15 is 0 Å². The standard InChI is InChI=1S/C11H17N3O5S/c1-3-19-11(15)9-6-12-13-10(9)20(16,17)14-4-5-18-7-8(14)2/h6,8H,3-5,7H2,1-2H3,(H,12,13)/t8-/m1/s1. The first-order valence-corrected chi connectivity index (χ1v) is 7.72. The number of hydrogen-bond acceptors (Lipinski definition) is 6. The van der Waals surface area contributed by atoms with Crippen molar-refractivity contribution in [1.29, 1.82) is 0 Å². The summed E-state index contributed by atoms with van der Waals surface area (Å²) in [6.07, 6.45) is 1.16. The van der Waals surface area contributed by atoms with E-state index in [-0.39, 0.29) is 29.8 Å². The van der Waals surface area contributed by atoms with Crippen molar-refractivity contribution in [2.24, 2.45) is 0 Å². The Labute approximate surface area is 117 Å². The van der Waals surface area contributed by atoms with Crippen LogP contribution in [0.1, 0.15) is 24.2 Å². The molecule has 0 aliphatic carbocycles. The van der Waals surface area contributed by atoms with Crippen LogP contribution in [0.15, 0.2) is 11.2 Å². The Hall–Kier alpha value is -1.45.